The van der Waals surface area contributed by atoms with Gasteiger partial charge in [-0.1, -0.05) is 26.0 Å². The summed E-state index contributed by atoms with van der Waals surface area (Å²) in [5, 5.41) is 17.1. The lowest BCUT2D eigenvalue weighted by atomic mass is 10.1. The number of aliphatic hydroxyl groups is 1. The van der Waals surface area contributed by atoms with E-state index in [0.29, 0.717) is 30.3 Å². The molecular weight excluding hydrogens is 332 g/mol. The number of carbonyl (C=O) groups is 1. The second kappa shape index (κ2) is 9.38. The minimum Gasteiger partial charge on any atom is -0.487 e. The fourth-order valence-electron chi connectivity index (χ4n) is 2.73. The molecule has 6 heteroatoms. The average molecular weight is 360 g/mol. The first kappa shape index (κ1) is 20.0. The lowest BCUT2D eigenvalue weighted by molar-refractivity contribution is -0.132. The number of hydrogen-bond donors (Lipinski definition) is 2. The van der Waals surface area contributed by atoms with Gasteiger partial charge >= 0.3 is 0 Å². The highest BCUT2D eigenvalue weighted by molar-refractivity contribution is 5.97. The Kier molecular flexibility index (Phi) is 7.21. The molecule has 2 N–H and O–H groups in total. The Morgan fingerprint density at radius 1 is 1.38 bits per heavy atom. The lowest BCUT2D eigenvalue weighted by Gasteiger charge is -2.20. The van der Waals surface area contributed by atoms with Crippen molar-refractivity contribution in [2.75, 3.05) is 19.7 Å². The largest absolute Gasteiger partial charge is 0.487 e. The number of nitrogens with zero attached hydrogens (tertiary/aromatic N) is 1. The van der Waals surface area contributed by atoms with Crippen LogP contribution in [0.1, 0.15) is 32.8 Å². The van der Waals surface area contributed by atoms with Crippen LogP contribution in [0.4, 0.5) is 0 Å². The third kappa shape index (κ3) is 5.33. The van der Waals surface area contributed by atoms with Gasteiger partial charge in [-0.25, -0.2) is 0 Å². The van der Waals surface area contributed by atoms with Gasteiger partial charge in [0, 0.05) is 13.0 Å². The van der Waals surface area contributed by atoms with Gasteiger partial charge in [-0.2, -0.15) is 0 Å². The SMILES string of the molecule is C/C=C(/OC1CCN(C(=O)COc2ccc(CO)cc2)C1)C(=N)C(C)C. The molecule has 142 valence electrons. The molecule has 1 aliphatic heterocycles. The van der Waals surface area contributed by atoms with Crippen molar-refractivity contribution in [1.29, 1.82) is 5.41 Å². The monoisotopic (exact) mass is 360 g/mol. The van der Waals surface area contributed by atoms with E-state index >= 15 is 0 Å². The van der Waals surface area contributed by atoms with Crippen LogP contribution in [0.5, 0.6) is 5.75 Å². The zero-order chi connectivity index (χ0) is 19.1. The lowest BCUT2D eigenvalue weighted by Crippen LogP contribution is -2.34. The van der Waals surface area contributed by atoms with Crippen molar-refractivity contribution in [2.24, 2.45) is 5.92 Å². The minimum absolute atomic E-state index is 0.0170. The molecule has 6 nitrogen and oxygen atoms in total. The Bertz CT molecular complexity index is 652. The van der Waals surface area contributed by atoms with Crippen LogP contribution in [0.3, 0.4) is 0 Å². The van der Waals surface area contributed by atoms with Crippen molar-refractivity contribution in [3.8, 4) is 5.75 Å². The Morgan fingerprint density at radius 3 is 2.65 bits per heavy atom. The van der Waals surface area contributed by atoms with E-state index in [1.54, 1.807) is 29.2 Å². The summed E-state index contributed by atoms with van der Waals surface area (Å²) in [7, 11) is 0. The summed E-state index contributed by atoms with van der Waals surface area (Å²) >= 11 is 0. The molecule has 0 aromatic heterocycles. The van der Waals surface area contributed by atoms with Gasteiger partial charge in [-0.15, -0.1) is 0 Å². The number of hydrogen-bond acceptors (Lipinski definition) is 5. The molecule has 1 atom stereocenters. The zero-order valence-electron chi connectivity index (χ0n) is 15.7. The number of rotatable bonds is 8. The van der Waals surface area contributed by atoms with Crippen LogP contribution in [-0.2, 0) is 16.1 Å². The van der Waals surface area contributed by atoms with Crippen molar-refractivity contribution in [1.82, 2.24) is 4.90 Å². The summed E-state index contributed by atoms with van der Waals surface area (Å²) in [6.45, 7) is 6.88. The van der Waals surface area contributed by atoms with Gasteiger partial charge in [-0.05, 0) is 36.6 Å². The summed E-state index contributed by atoms with van der Waals surface area (Å²) in [6.07, 6.45) is 2.47. The van der Waals surface area contributed by atoms with Crippen LogP contribution in [-0.4, -0.2) is 47.4 Å². The van der Waals surface area contributed by atoms with E-state index < -0.39 is 0 Å². The Labute approximate surface area is 154 Å². The number of likely N-dealkylation sites (tertiary alicyclic amines) is 1. The van der Waals surface area contributed by atoms with Gasteiger partial charge < -0.3 is 24.9 Å². The predicted molar refractivity (Wildman–Crippen MR) is 100 cm³/mol. The molecule has 1 heterocycles. The normalized spacial score (nSPS) is 17.5. The molecule has 0 saturated carbocycles. The van der Waals surface area contributed by atoms with Gasteiger partial charge in [0.25, 0.3) is 5.91 Å². The number of benzene rings is 1. The molecule has 1 aliphatic rings. The highest BCUT2D eigenvalue weighted by atomic mass is 16.5. The van der Waals surface area contributed by atoms with Gasteiger partial charge in [0.1, 0.15) is 17.6 Å². The molecule has 2 rings (SSSR count). The minimum atomic E-state index is -0.0897. The van der Waals surface area contributed by atoms with E-state index in [2.05, 4.69) is 0 Å². The van der Waals surface area contributed by atoms with Crippen molar-refractivity contribution in [3.05, 3.63) is 41.7 Å². The maximum absolute atomic E-state index is 12.3. The standard InChI is InChI=1S/C20H28N2O4/c1-4-18(20(21)14(2)3)26-17-9-10-22(11-17)19(24)13-25-16-7-5-15(12-23)6-8-16/h4-8,14,17,21,23H,9-13H2,1-3H3/b18-4+,21-20?. The summed E-state index contributed by atoms with van der Waals surface area (Å²) in [4.78, 5) is 14.1. The number of amides is 1. The quantitative estimate of drug-likeness (QED) is 0.552. The van der Waals surface area contributed by atoms with Gasteiger partial charge in [0.05, 0.1) is 18.9 Å². The number of nitrogens with one attached hydrogen (secondary N) is 1. The fourth-order valence-corrected chi connectivity index (χ4v) is 2.73. The molecule has 1 aromatic rings. The van der Waals surface area contributed by atoms with E-state index in [1.165, 1.54) is 0 Å². The van der Waals surface area contributed by atoms with Gasteiger partial charge in [-0.3, -0.25) is 4.79 Å². The van der Waals surface area contributed by atoms with E-state index in [4.69, 9.17) is 20.0 Å². The first-order chi connectivity index (χ1) is 12.4. The maximum Gasteiger partial charge on any atom is 0.260 e. The van der Waals surface area contributed by atoms with Gasteiger partial charge in [0.2, 0.25) is 0 Å². The molecule has 0 spiro atoms. The smallest absolute Gasteiger partial charge is 0.260 e. The van der Waals surface area contributed by atoms with Crippen molar-refractivity contribution in [2.45, 2.75) is 39.9 Å². The number of carbonyl (C=O) groups excluding carboxylic acids is 1. The second-order valence-electron chi connectivity index (χ2n) is 6.68. The summed E-state index contributed by atoms with van der Waals surface area (Å²) in [5.41, 5.74) is 1.28. The molecule has 0 bridgehead atoms. The molecule has 26 heavy (non-hydrogen) atoms. The van der Waals surface area contributed by atoms with Crippen LogP contribution in [0.25, 0.3) is 0 Å². The average Bonchev–Trinajstić information content (AvgIpc) is 3.12. The number of aliphatic hydroxyl groups excluding tert-OH is 1. The highest BCUT2D eigenvalue weighted by Crippen LogP contribution is 2.19. The highest BCUT2D eigenvalue weighted by Gasteiger charge is 2.29. The molecular formula is C20H28N2O4. The van der Waals surface area contributed by atoms with Crippen LogP contribution < -0.4 is 4.74 Å². The van der Waals surface area contributed by atoms with Gasteiger partial charge in [0.15, 0.2) is 6.61 Å². The molecule has 1 amide bonds. The Morgan fingerprint density at radius 2 is 2.08 bits per heavy atom. The maximum atomic E-state index is 12.3. The zero-order valence-corrected chi connectivity index (χ0v) is 15.7. The number of ether oxygens (including phenoxy) is 2. The van der Waals surface area contributed by atoms with Crippen LogP contribution in [0.2, 0.25) is 0 Å². The van der Waals surface area contributed by atoms with Crippen LogP contribution in [0, 0.1) is 11.3 Å². The second-order valence-corrected chi connectivity index (χ2v) is 6.68. The first-order valence-electron chi connectivity index (χ1n) is 8.96. The predicted octanol–water partition coefficient (Wildman–Crippen LogP) is 2.75. The molecule has 1 unspecified atom stereocenters. The molecule has 0 radical (unpaired) electrons. The van der Waals surface area contributed by atoms with Crippen LogP contribution >= 0.6 is 0 Å². The summed E-state index contributed by atoms with van der Waals surface area (Å²) in [5.74, 6) is 1.22. The Hall–Kier alpha value is -2.34. The third-order valence-corrected chi connectivity index (χ3v) is 4.36. The Balaban J connectivity index is 1.81. The van der Waals surface area contributed by atoms with E-state index in [1.807, 2.05) is 26.8 Å². The van der Waals surface area contributed by atoms with Crippen LogP contribution in [0.15, 0.2) is 36.1 Å². The van der Waals surface area contributed by atoms with Crippen molar-refractivity contribution in [3.63, 3.8) is 0 Å². The number of allylic oxidation sites excluding steroid dienone is 2. The van der Waals surface area contributed by atoms with Crippen molar-refractivity contribution >= 4 is 11.6 Å². The molecule has 0 aliphatic carbocycles. The summed E-state index contributed by atoms with van der Waals surface area (Å²) in [6, 6.07) is 7.01. The molecule has 1 fully saturated rings. The van der Waals surface area contributed by atoms with E-state index in [9.17, 15) is 4.79 Å². The molecule has 1 saturated heterocycles. The summed E-state index contributed by atoms with van der Waals surface area (Å²) < 4.78 is 11.5. The van der Waals surface area contributed by atoms with E-state index in [0.717, 1.165) is 12.0 Å². The topological polar surface area (TPSA) is 82.8 Å². The third-order valence-electron chi connectivity index (χ3n) is 4.36. The fraction of sp³-hybridized carbons (Fsp3) is 0.500. The first-order valence-corrected chi connectivity index (χ1v) is 8.96. The molecule has 1 aromatic carbocycles. The van der Waals surface area contributed by atoms with Crippen molar-refractivity contribution < 1.29 is 19.4 Å². The van der Waals surface area contributed by atoms with E-state index in [-0.39, 0.29) is 31.1 Å².